The van der Waals surface area contributed by atoms with Crippen LogP contribution in [0, 0.1) is 11.3 Å². The van der Waals surface area contributed by atoms with Crippen molar-refractivity contribution in [1.29, 1.82) is 5.26 Å². The smallest absolute Gasteiger partial charge is 0.140 e. The predicted molar refractivity (Wildman–Crippen MR) is 60.4 cm³/mol. The zero-order chi connectivity index (χ0) is 11.8. The van der Waals surface area contributed by atoms with E-state index in [2.05, 4.69) is 11.1 Å². The quantitative estimate of drug-likeness (QED) is 0.771. The molecule has 4 heteroatoms. The van der Waals surface area contributed by atoms with Gasteiger partial charge in [-0.05, 0) is 19.9 Å². The van der Waals surface area contributed by atoms with Gasteiger partial charge in [0.2, 0.25) is 0 Å². The van der Waals surface area contributed by atoms with E-state index in [9.17, 15) is 0 Å². The Kier molecular flexibility index (Phi) is 2.31. The summed E-state index contributed by atoms with van der Waals surface area (Å²) in [5, 5.41) is 9.16. The molecule has 82 valence electrons. The summed E-state index contributed by atoms with van der Waals surface area (Å²) in [6.45, 7) is 3.73. The minimum absolute atomic E-state index is 0.584. The van der Waals surface area contributed by atoms with E-state index in [1.807, 2.05) is 36.7 Å². The second-order valence-corrected chi connectivity index (χ2v) is 4.19. The molecule has 2 rings (SSSR count). The van der Waals surface area contributed by atoms with Gasteiger partial charge in [-0.2, -0.15) is 5.26 Å². The number of rotatable bonds is 2. The van der Waals surface area contributed by atoms with Crippen LogP contribution in [0.25, 0.3) is 5.65 Å². The molecule has 0 unspecified atom stereocenters. The van der Waals surface area contributed by atoms with Crippen LogP contribution in [0.15, 0.2) is 24.7 Å². The molecule has 0 bridgehead atoms. The van der Waals surface area contributed by atoms with Crippen molar-refractivity contribution in [1.82, 2.24) is 9.38 Å². The number of methoxy groups -OCH3 is 1. The van der Waals surface area contributed by atoms with Gasteiger partial charge < -0.3 is 9.14 Å². The lowest BCUT2D eigenvalue weighted by atomic mass is 9.86. The zero-order valence-corrected chi connectivity index (χ0v) is 9.56. The molecule has 0 radical (unpaired) electrons. The van der Waals surface area contributed by atoms with Gasteiger partial charge >= 0.3 is 0 Å². The summed E-state index contributed by atoms with van der Waals surface area (Å²) < 4.78 is 7.18. The van der Waals surface area contributed by atoms with Crippen molar-refractivity contribution in [3.63, 3.8) is 0 Å². The summed E-state index contributed by atoms with van der Waals surface area (Å²) >= 11 is 0. The molecule has 0 N–H and O–H groups in total. The van der Waals surface area contributed by atoms with E-state index >= 15 is 0 Å². The molecule has 0 aliphatic carbocycles. The molecule has 16 heavy (non-hydrogen) atoms. The first kappa shape index (κ1) is 10.5. The van der Waals surface area contributed by atoms with Crippen LogP contribution in [0.1, 0.15) is 19.4 Å². The molecule has 4 nitrogen and oxygen atoms in total. The first-order valence-electron chi connectivity index (χ1n) is 5.01. The maximum Gasteiger partial charge on any atom is 0.140 e. The highest BCUT2D eigenvalue weighted by Crippen LogP contribution is 2.31. The van der Waals surface area contributed by atoms with Gasteiger partial charge in [0.1, 0.15) is 11.4 Å². The number of fused-ring (bicyclic) bond motifs is 1. The highest BCUT2D eigenvalue weighted by atomic mass is 16.5. The summed E-state index contributed by atoms with van der Waals surface area (Å²) in [5.74, 6) is 0.706. The van der Waals surface area contributed by atoms with Crippen molar-refractivity contribution in [2.75, 3.05) is 7.11 Å². The molecule has 0 amide bonds. The van der Waals surface area contributed by atoms with Crippen LogP contribution in [0.4, 0.5) is 0 Å². The van der Waals surface area contributed by atoms with Gasteiger partial charge in [-0.3, -0.25) is 0 Å². The second kappa shape index (κ2) is 3.53. The summed E-state index contributed by atoms with van der Waals surface area (Å²) in [7, 11) is 1.61. The lowest BCUT2D eigenvalue weighted by Gasteiger charge is -2.19. The third kappa shape index (κ3) is 1.50. The van der Waals surface area contributed by atoms with E-state index in [-0.39, 0.29) is 0 Å². The maximum atomic E-state index is 9.16. The van der Waals surface area contributed by atoms with E-state index < -0.39 is 5.41 Å². The Hall–Kier alpha value is -2.02. The van der Waals surface area contributed by atoms with Gasteiger partial charge in [0.15, 0.2) is 0 Å². The second-order valence-electron chi connectivity index (χ2n) is 4.19. The maximum absolute atomic E-state index is 9.16. The predicted octanol–water partition coefficient (Wildman–Crippen LogP) is 2.14. The topological polar surface area (TPSA) is 50.3 Å². The molecule has 0 aliphatic rings. The van der Waals surface area contributed by atoms with Crippen molar-refractivity contribution in [3.05, 3.63) is 30.2 Å². The van der Waals surface area contributed by atoms with Crippen LogP contribution in [-0.2, 0) is 5.41 Å². The summed E-state index contributed by atoms with van der Waals surface area (Å²) in [5.41, 5.74) is 1.09. The molecule has 2 aromatic rings. The average Bonchev–Trinajstić information content (AvgIpc) is 2.74. The molecule has 0 aromatic carbocycles. The highest BCUT2D eigenvalue weighted by Gasteiger charge is 2.24. The lowest BCUT2D eigenvalue weighted by Crippen LogP contribution is -2.15. The fraction of sp³-hybridized carbons (Fsp3) is 0.333. The van der Waals surface area contributed by atoms with E-state index in [1.165, 1.54) is 0 Å². The van der Waals surface area contributed by atoms with E-state index in [0.29, 0.717) is 5.75 Å². The molecule has 0 saturated heterocycles. The van der Waals surface area contributed by atoms with Crippen LogP contribution >= 0.6 is 0 Å². The number of nitriles is 1. The summed E-state index contributed by atoms with van der Waals surface area (Å²) in [4.78, 5) is 4.20. The third-order valence-electron chi connectivity index (χ3n) is 2.67. The van der Waals surface area contributed by atoms with Gasteiger partial charge in [0.05, 0.1) is 24.8 Å². The van der Waals surface area contributed by atoms with Crippen molar-refractivity contribution < 1.29 is 4.74 Å². The normalized spacial score (nSPS) is 11.4. The summed E-state index contributed by atoms with van der Waals surface area (Å²) in [6.07, 6.45) is 5.41. The zero-order valence-electron chi connectivity index (χ0n) is 9.56. The lowest BCUT2D eigenvalue weighted by molar-refractivity contribution is 0.400. The van der Waals surface area contributed by atoms with E-state index in [1.54, 1.807) is 13.3 Å². The monoisotopic (exact) mass is 215 g/mol. The van der Waals surface area contributed by atoms with E-state index in [0.717, 1.165) is 11.2 Å². The fourth-order valence-electron chi connectivity index (χ4n) is 1.65. The number of pyridine rings is 1. The fourth-order valence-corrected chi connectivity index (χ4v) is 1.65. The Labute approximate surface area is 94.1 Å². The molecule has 0 fully saturated rings. The number of hydrogen-bond acceptors (Lipinski definition) is 3. The van der Waals surface area contributed by atoms with E-state index in [4.69, 9.17) is 10.00 Å². The molecule has 0 atom stereocenters. The van der Waals surface area contributed by atoms with Gasteiger partial charge in [0, 0.05) is 18.0 Å². The van der Waals surface area contributed by atoms with Crippen LogP contribution in [-0.4, -0.2) is 16.5 Å². The number of ether oxygens (including phenoxy) is 1. The van der Waals surface area contributed by atoms with Gasteiger partial charge in [-0.15, -0.1) is 0 Å². The molecule has 0 aliphatic heterocycles. The largest absolute Gasteiger partial charge is 0.495 e. The Morgan fingerprint density at radius 3 is 2.88 bits per heavy atom. The SMILES string of the molecule is COc1cn2ccnc2cc1C(C)(C)C#N. The minimum Gasteiger partial charge on any atom is -0.495 e. The number of aromatic nitrogens is 2. The first-order valence-corrected chi connectivity index (χ1v) is 5.01. The molecule has 2 aromatic heterocycles. The minimum atomic E-state index is -0.584. The molecular weight excluding hydrogens is 202 g/mol. The van der Waals surface area contributed by atoms with Crippen LogP contribution in [0.3, 0.4) is 0 Å². The Morgan fingerprint density at radius 1 is 1.50 bits per heavy atom. The van der Waals surface area contributed by atoms with Crippen LogP contribution in [0.2, 0.25) is 0 Å². The van der Waals surface area contributed by atoms with Gasteiger partial charge in [-0.25, -0.2) is 4.98 Å². The van der Waals surface area contributed by atoms with Gasteiger partial charge in [-0.1, -0.05) is 0 Å². The molecule has 0 spiro atoms. The average molecular weight is 215 g/mol. The molecule has 0 saturated carbocycles. The van der Waals surface area contributed by atoms with Crippen molar-refractivity contribution in [3.8, 4) is 11.8 Å². The third-order valence-corrected chi connectivity index (χ3v) is 2.67. The highest BCUT2D eigenvalue weighted by molar-refractivity contribution is 5.52. The number of hydrogen-bond donors (Lipinski definition) is 0. The Balaban J connectivity index is 2.72. The van der Waals surface area contributed by atoms with Crippen molar-refractivity contribution in [2.24, 2.45) is 0 Å². The number of imidazole rings is 1. The standard InChI is InChI=1S/C12H13N3O/c1-12(2,8-13)9-6-11-14-4-5-15(11)7-10(9)16-3/h4-7H,1-3H3. The van der Waals surface area contributed by atoms with Gasteiger partial charge in [0.25, 0.3) is 0 Å². The Bertz CT molecular complexity index is 563. The molecule has 2 heterocycles. The first-order chi connectivity index (χ1) is 7.58. The Morgan fingerprint density at radius 2 is 2.25 bits per heavy atom. The summed E-state index contributed by atoms with van der Waals surface area (Å²) in [6, 6.07) is 4.16. The van der Waals surface area contributed by atoms with Crippen LogP contribution < -0.4 is 4.74 Å². The van der Waals surface area contributed by atoms with Crippen molar-refractivity contribution >= 4 is 5.65 Å². The van der Waals surface area contributed by atoms with Crippen LogP contribution in [0.5, 0.6) is 5.75 Å². The number of nitrogens with zero attached hydrogens (tertiary/aromatic N) is 3. The molecular formula is C12H13N3O. The van der Waals surface area contributed by atoms with Crippen molar-refractivity contribution in [2.45, 2.75) is 19.3 Å².